The predicted octanol–water partition coefficient (Wildman–Crippen LogP) is 1.11. The van der Waals surface area contributed by atoms with E-state index in [1.807, 2.05) is 0 Å². The number of ether oxygens (including phenoxy) is 2. The number of carboxylic acid groups (broad SMARTS) is 1. The normalized spacial score (nSPS) is 9.57. The predicted molar refractivity (Wildman–Crippen MR) is 48.2 cm³/mol. The van der Waals surface area contributed by atoms with Gasteiger partial charge in [0.15, 0.2) is 11.5 Å². The van der Waals surface area contributed by atoms with Gasteiger partial charge in [0, 0.05) is 0 Å². The molecule has 0 radical (unpaired) electrons. The Hall–Kier alpha value is -1.91. The molecule has 0 bridgehead atoms. The Morgan fingerprint density at radius 1 is 1.29 bits per heavy atom. The van der Waals surface area contributed by atoms with E-state index >= 15 is 0 Å². The quantitative estimate of drug-likeness (QED) is 0.760. The summed E-state index contributed by atoms with van der Waals surface area (Å²) in [5.41, 5.74) is -0.0554. The first-order valence-corrected chi connectivity index (χ1v) is 3.78. The molecule has 0 unspecified atom stereocenters. The number of hydrogen-bond acceptors (Lipinski definition) is 4. The first-order chi connectivity index (χ1) is 6.60. The van der Waals surface area contributed by atoms with Gasteiger partial charge in [0.1, 0.15) is 0 Å². The van der Waals surface area contributed by atoms with E-state index in [2.05, 4.69) is 0 Å². The molecule has 0 aromatic heterocycles. The van der Waals surface area contributed by atoms with Gasteiger partial charge in [-0.25, -0.2) is 4.79 Å². The fourth-order valence-corrected chi connectivity index (χ4v) is 1.07. The van der Waals surface area contributed by atoms with Gasteiger partial charge in [-0.15, -0.1) is 0 Å². The van der Waals surface area contributed by atoms with Gasteiger partial charge in [-0.1, -0.05) is 0 Å². The third-order valence-corrected chi connectivity index (χ3v) is 1.71. The summed E-state index contributed by atoms with van der Waals surface area (Å²) in [5.74, 6) is -1.09. The molecule has 2 N–H and O–H groups in total. The van der Waals surface area contributed by atoms with Crippen LogP contribution >= 0.6 is 0 Å². The molecule has 0 aliphatic heterocycles. The Labute approximate surface area is 80.5 Å². The van der Waals surface area contributed by atoms with Gasteiger partial charge < -0.3 is 19.7 Å². The van der Waals surface area contributed by atoms with E-state index in [1.165, 1.54) is 20.3 Å². The van der Waals surface area contributed by atoms with Crippen LogP contribution in [0.25, 0.3) is 0 Å². The zero-order chi connectivity index (χ0) is 10.7. The number of hydrogen-bond donors (Lipinski definition) is 2. The SMILES string of the molecule is COc1cc(C(=O)O)cc(O)c1OC. The summed E-state index contributed by atoms with van der Waals surface area (Å²) >= 11 is 0. The van der Waals surface area contributed by atoms with E-state index in [0.717, 1.165) is 6.07 Å². The molecule has 76 valence electrons. The van der Waals surface area contributed by atoms with E-state index in [9.17, 15) is 9.90 Å². The number of aromatic hydroxyl groups is 1. The molecule has 0 fully saturated rings. The average Bonchev–Trinajstić information content (AvgIpc) is 2.16. The lowest BCUT2D eigenvalue weighted by Crippen LogP contribution is -1.99. The van der Waals surface area contributed by atoms with Crippen LogP contribution in [0.3, 0.4) is 0 Å². The maximum absolute atomic E-state index is 10.6. The Morgan fingerprint density at radius 3 is 2.36 bits per heavy atom. The van der Waals surface area contributed by atoms with E-state index in [0.29, 0.717) is 0 Å². The van der Waals surface area contributed by atoms with E-state index in [1.54, 1.807) is 0 Å². The van der Waals surface area contributed by atoms with Gasteiger partial charge in [0.05, 0.1) is 19.8 Å². The number of carbonyl (C=O) groups is 1. The maximum atomic E-state index is 10.6. The van der Waals surface area contributed by atoms with Crippen LogP contribution in [0.2, 0.25) is 0 Å². The molecular formula is C9H10O5. The van der Waals surface area contributed by atoms with Gasteiger partial charge >= 0.3 is 5.97 Å². The summed E-state index contributed by atoms with van der Waals surface area (Å²) in [6, 6.07) is 2.38. The third kappa shape index (κ3) is 1.71. The number of methoxy groups -OCH3 is 2. The number of benzene rings is 1. The van der Waals surface area contributed by atoms with Crippen molar-refractivity contribution in [3.8, 4) is 17.2 Å². The Morgan fingerprint density at radius 2 is 1.93 bits per heavy atom. The molecule has 0 heterocycles. The second-order valence-corrected chi connectivity index (χ2v) is 2.54. The van der Waals surface area contributed by atoms with Crippen LogP contribution in [0, 0.1) is 0 Å². The zero-order valence-electron chi connectivity index (χ0n) is 7.77. The molecule has 1 rings (SSSR count). The smallest absolute Gasteiger partial charge is 0.335 e. The molecule has 1 aromatic carbocycles. The number of aromatic carboxylic acids is 1. The summed E-state index contributed by atoms with van der Waals surface area (Å²) in [5, 5.41) is 18.1. The van der Waals surface area contributed by atoms with Crippen molar-refractivity contribution >= 4 is 5.97 Å². The fraction of sp³-hybridized carbons (Fsp3) is 0.222. The molecule has 0 atom stereocenters. The number of phenols is 1. The lowest BCUT2D eigenvalue weighted by Gasteiger charge is -2.09. The van der Waals surface area contributed by atoms with Crippen molar-refractivity contribution < 1.29 is 24.5 Å². The molecule has 0 aliphatic carbocycles. The van der Waals surface area contributed by atoms with Crippen molar-refractivity contribution in [2.45, 2.75) is 0 Å². The molecule has 14 heavy (non-hydrogen) atoms. The Bertz CT molecular complexity index is 358. The minimum absolute atomic E-state index is 0.0554. The molecular weight excluding hydrogens is 188 g/mol. The van der Waals surface area contributed by atoms with Crippen molar-refractivity contribution in [2.24, 2.45) is 0 Å². The van der Waals surface area contributed by atoms with Crippen molar-refractivity contribution in [1.29, 1.82) is 0 Å². The van der Waals surface area contributed by atoms with Crippen LogP contribution in [-0.2, 0) is 0 Å². The highest BCUT2D eigenvalue weighted by Gasteiger charge is 2.14. The van der Waals surface area contributed by atoms with Gasteiger partial charge in [-0.05, 0) is 12.1 Å². The zero-order valence-corrected chi connectivity index (χ0v) is 7.77. The molecule has 1 aromatic rings. The topological polar surface area (TPSA) is 76.0 Å². The molecule has 0 saturated carbocycles. The molecule has 0 aliphatic rings. The van der Waals surface area contributed by atoms with E-state index < -0.39 is 5.97 Å². The largest absolute Gasteiger partial charge is 0.504 e. The van der Waals surface area contributed by atoms with Gasteiger partial charge in [0.2, 0.25) is 5.75 Å². The Kier molecular flexibility index (Phi) is 2.81. The van der Waals surface area contributed by atoms with Crippen LogP contribution in [0.4, 0.5) is 0 Å². The van der Waals surface area contributed by atoms with Crippen LogP contribution in [0.1, 0.15) is 10.4 Å². The minimum Gasteiger partial charge on any atom is -0.504 e. The second kappa shape index (κ2) is 3.87. The molecule has 5 heteroatoms. The lowest BCUT2D eigenvalue weighted by molar-refractivity contribution is 0.0696. The highest BCUT2D eigenvalue weighted by atomic mass is 16.5. The molecule has 0 spiro atoms. The first-order valence-electron chi connectivity index (χ1n) is 3.78. The highest BCUT2D eigenvalue weighted by Crippen LogP contribution is 2.37. The summed E-state index contributed by atoms with van der Waals surface area (Å²) in [6.45, 7) is 0. The summed E-state index contributed by atoms with van der Waals surface area (Å²) < 4.78 is 9.69. The van der Waals surface area contributed by atoms with Gasteiger partial charge in [-0.3, -0.25) is 0 Å². The van der Waals surface area contributed by atoms with Gasteiger partial charge in [0.25, 0.3) is 0 Å². The van der Waals surface area contributed by atoms with Crippen LogP contribution in [0.5, 0.6) is 17.2 Å². The molecule has 0 amide bonds. The standard InChI is InChI=1S/C9H10O5/c1-13-7-4-5(9(11)12)3-6(10)8(7)14-2/h3-4,10H,1-2H3,(H,11,12). The number of phenolic OH excluding ortho intramolecular Hbond substituents is 1. The summed E-state index contributed by atoms with van der Waals surface area (Å²) in [6.07, 6.45) is 0. The third-order valence-electron chi connectivity index (χ3n) is 1.71. The maximum Gasteiger partial charge on any atom is 0.335 e. The highest BCUT2D eigenvalue weighted by molar-refractivity contribution is 5.89. The van der Waals surface area contributed by atoms with E-state index in [-0.39, 0.29) is 22.8 Å². The molecule has 0 saturated heterocycles. The summed E-state index contributed by atoms with van der Waals surface area (Å²) in [4.78, 5) is 10.6. The second-order valence-electron chi connectivity index (χ2n) is 2.54. The minimum atomic E-state index is -1.14. The van der Waals surface area contributed by atoms with E-state index in [4.69, 9.17) is 14.6 Å². The number of carboxylic acids is 1. The molecule has 5 nitrogen and oxygen atoms in total. The van der Waals surface area contributed by atoms with Crippen molar-refractivity contribution in [3.05, 3.63) is 17.7 Å². The monoisotopic (exact) mass is 198 g/mol. The van der Waals surface area contributed by atoms with Crippen molar-refractivity contribution in [1.82, 2.24) is 0 Å². The lowest BCUT2D eigenvalue weighted by atomic mass is 10.2. The van der Waals surface area contributed by atoms with Crippen LogP contribution in [-0.4, -0.2) is 30.4 Å². The average molecular weight is 198 g/mol. The first kappa shape index (κ1) is 10.2. The van der Waals surface area contributed by atoms with Crippen LogP contribution in [0.15, 0.2) is 12.1 Å². The summed E-state index contributed by atoms with van der Waals surface area (Å²) in [7, 11) is 2.72. The van der Waals surface area contributed by atoms with Crippen LogP contribution < -0.4 is 9.47 Å². The van der Waals surface area contributed by atoms with Gasteiger partial charge in [-0.2, -0.15) is 0 Å². The van der Waals surface area contributed by atoms with Crippen molar-refractivity contribution in [2.75, 3.05) is 14.2 Å². The van der Waals surface area contributed by atoms with Crippen molar-refractivity contribution in [3.63, 3.8) is 0 Å². The number of rotatable bonds is 3. The Balaban J connectivity index is 3.31. The fourth-order valence-electron chi connectivity index (χ4n) is 1.07.